The Kier molecular flexibility index (Phi) is 5.30. The first-order valence-electron chi connectivity index (χ1n) is 7.68. The Balaban J connectivity index is 1.61. The van der Waals surface area contributed by atoms with Crippen LogP contribution in [0.3, 0.4) is 0 Å². The second kappa shape index (κ2) is 6.75. The Hall–Kier alpha value is -0.0800. The highest BCUT2D eigenvalue weighted by Gasteiger charge is 2.23. The maximum absolute atomic E-state index is 9.60. The van der Waals surface area contributed by atoms with Gasteiger partial charge in [0.1, 0.15) is 0 Å². The van der Waals surface area contributed by atoms with Crippen LogP contribution in [0.4, 0.5) is 0 Å². The number of rotatable bonds is 4. The van der Waals surface area contributed by atoms with E-state index >= 15 is 0 Å². The van der Waals surface area contributed by atoms with E-state index in [-0.39, 0.29) is 6.10 Å². The van der Waals surface area contributed by atoms with Crippen molar-refractivity contribution in [3.63, 3.8) is 0 Å². The zero-order valence-corrected chi connectivity index (χ0v) is 11.4. The van der Waals surface area contributed by atoms with Crippen molar-refractivity contribution in [2.75, 3.05) is 13.1 Å². The van der Waals surface area contributed by atoms with Crippen LogP contribution in [0, 0.1) is 5.92 Å². The van der Waals surface area contributed by atoms with Gasteiger partial charge in [0, 0.05) is 12.6 Å². The molecule has 2 atom stereocenters. The van der Waals surface area contributed by atoms with Gasteiger partial charge in [0.25, 0.3) is 0 Å². The second-order valence-corrected chi connectivity index (χ2v) is 6.21. The van der Waals surface area contributed by atoms with Crippen molar-refractivity contribution in [3.05, 3.63) is 0 Å². The van der Waals surface area contributed by atoms with Crippen LogP contribution in [0.5, 0.6) is 0 Å². The molecule has 2 fully saturated rings. The van der Waals surface area contributed by atoms with Gasteiger partial charge < -0.3 is 10.0 Å². The van der Waals surface area contributed by atoms with Crippen molar-refractivity contribution in [2.45, 2.75) is 76.9 Å². The molecular weight excluding hydrogens is 210 g/mol. The van der Waals surface area contributed by atoms with Gasteiger partial charge in [-0.05, 0) is 45.1 Å². The third-order valence-corrected chi connectivity index (χ3v) is 4.77. The quantitative estimate of drug-likeness (QED) is 0.814. The molecule has 0 amide bonds. The molecule has 2 unspecified atom stereocenters. The fraction of sp³-hybridized carbons (Fsp3) is 1.00. The molecule has 1 N–H and O–H groups in total. The first-order valence-corrected chi connectivity index (χ1v) is 7.68. The predicted octanol–water partition coefficient (Wildman–Crippen LogP) is 3.19. The van der Waals surface area contributed by atoms with Crippen LogP contribution in [0.25, 0.3) is 0 Å². The molecule has 2 nitrogen and oxygen atoms in total. The lowest BCUT2D eigenvalue weighted by Gasteiger charge is -2.36. The maximum Gasteiger partial charge on any atom is 0.0567 e. The molecule has 0 aromatic heterocycles. The lowest BCUT2D eigenvalue weighted by Crippen LogP contribution is -2.43. The van der Waals surface area contributed by atoms with Crippen LogP contribution in [-0.2, 0) is 0 Å². The third-order valence-electron chi connectivity index (χ3n) is 4.77. The van der Waals surface area contributed by atoms with E-state index in [1.807, 2.05) is 0 Å². The molecule has 2 heteroatoms. The fourth-order valence-corrected chi connectivity index (χ4v) is 3.59. The number of hydrogen-bond donors (Lipinski definition) is 1. The van der Waals surface area contributed by atoms with E-state index in [0.717, 1.165) is 25.3 Å². The molecule has 1 heterocycles. The number of hydrogen-bond acceptors (Lipinski definition) is 2. The minimum Gasteiger partial charge on any atom is -0.393 e. The summed E-state index contributed by atoms with van der Waals surface area (Å²) in [6.07, 6.45) is 12.1. The Bertz CT molecular complexity index is 213. The number of aliphatic hydroxyl groups excluding tert-OH is 1. The predicted molar refractivity (Wildman–Crippen MR) is 72.1 cm³/mol. The van der Waals surface area contributed by atoms with Gasteiger partial charge in [-0.3, -0.25) is 0 Å². The summed E-state index contributed by atoms with van der Waals surface area (Å²) in [7, 11) is 0. The van der Waals surface area contributed by atoms with Crippen LogP contribution in [-0.4, -0.2) is 35.2 Å². The van der Waals surface area contributed by atoms with Crippen molar-refractivity contribution < 1.29 is 5.11 Å². The van der Waals surface area contributed by atoms with Crippen molar-refractivity contribution in [3.8, 4) is 0 Å². The number of piperidine rings is 1. The summed E-state index contributed by atoms with van der Waals surface area (Å²) in [5.41, 5.74) is 0. The average molecular weight is 239 g/mol. The van der Waals surface area contributed by atoms with Gasteiger partial charge in [0.15, 0.2) is 0 Å². The van der Waals surface area contributed by atoms with Crippen molar-refractivity contribution in [1.29, 1.82) is 0 Å². The average Bonchev–Trinajstić information content (AvgIpc) is 2.33. The van der Waals surface area contributed by atoms with Crippen LogP contribution < -0.4 is 0 Å². The van der Waals surface area contributed by atoms with Gasteiger partial charge in [-0.25, -0.2) is 0 Å². The summed E-state index contributed by atoms with van der Waals surface area (Å²) < 4.78 is 0. The van der Waals surface area contributed by atoms with E-state index in [0.29, 0.717) is 6.04 Å². The summed E-state index contributed by atoms with van der Waals surface area (Å²) in [5, 5.41) is 9.60. The first-order chi connectivity index (χ1) is 8.25. The van der Waals surface area contributed by atoms with Crippen LogP contribution in [0.2, 0.25) is 0 Å². The molecule has 0 spiro atoms. The summed E-state index contributed by atoms with van der Waals surface area (Å²) in [4.78, 5) is 2.58. The SMILES string of the molecule is CC1CC(O)CCN1CCCC1CCCCC1. The minimum atomic E-state index is -0.0420. The third kappa shape index (κ3) is 4.26. The largest absolute Gasteiger partial charge is 0.393 e. The van der Waals surface area contributed by atoms with E-state index in [1.165, 1.54) is 51.5 Å². The van der Waals surface area contributed by atoms with E-state index in [9.17, 15) is 5.11 Å². The number of aliphatic hydroxyl groups is 1. The molecule has 0 bridgehead atoms. The molecule has 100 valence electrons. The summed E-state index contributed by atoms with van der Waals surface area (Å²) in [6, 6.07) is 0.588. The summed E-state index contributed by atoms with van der Waals surface area (Å²) in [5.74, 6) is 1.02. The lowest BCUT2D eigenvalue weighted by atomic mass is 9.86. The monoisotopic (exact) mass is 239 g/mol. The van der Waals surface area contributed by atoms with Crippen molar-refractivity contribution in [2.24, 2.45) is 5.92 Å². The normalized spacial score (nSPS) is 32.8. The van der Waals surface area contributed by atoms with Crippen LogP contribution in [0.1, 0.15) is 64.7 Å². The Morgan fingerprint density at radius 1 is 1.12 bits per heavy atom. The highest BCUT2D eigenvalue weighted by Crippen LogP contribution is 2.27. The summed E-state index contributed by atoms with van der Waals surface area (Å²) in [6.45, 7) is 4.63. The van der Waals surface area contributed by atoms with E-state index < -0.39 is 0 Å². The molecular formula is C15H29NO. The fourth-order valence-electron chi connectivity index (χ4n) is 3.59. The molecule has 1 saturated carbocycles. The van der Waals surface area contributed by atoms with Gasteiger partial charge in [-0.15, -0.1) is 0 Å². The zero-order chi connectivity index (χ0) is 12.1. The maximum atomic E-state index is 9.60. The smallest absolute Gasteiger partial charge is 0.0567 e. The minimum absolute atomic E-state index is 0.0420. The van der Waals surface area contributed by atoms with Gasteiger partial charge in [-0.1, -0.05) is 32.1 Å². The van der Waals surface area contributed by atoms with Crippen molar-refractivity contribution >= 4 is 0 Å². The lowest BCUT2D eigenvalue weighted by molar-refractivity contribution is 0.0466. The van der Waals surface area contributed by atoms with Crippen molar-refractivity contribution in [1.82, 2.24) is 4.90 Å². The molecule has 1 aliphatic heterocycles. The molecule has 2 rings (SSSR count). The standard InChI is InChI=1S/C15H29NO/c1-13-12-15(17)9-11-16(13)10-5-8-14-6-3-2-4-7-14/h13-15,17H,2-12H2,1H3. The molecule has 0 aromatic rings. The molecule has 2 aliphatic rings. The summed E-state index contributed by atoms with van der Waals surface area (Å²) >= 11 is 0. The van der Waals surface area contributed by atoms with Gasteiger partial charge in [0.2, 0.25) is 0 Å². The second-order valence-electron chi connectivity index (χ2n) is 6.21. The Morgan fingerprint density at radius 2 is 1.88 bits per heavy atom. The Morgan fingerprint density at radius 3 is 2.59 bits per heavy atom. The van der Waals surface area contributed by atoms with Gasteiger partial charge in [0.05, 0.1) is 6.10 Å². The van der Waals surface area contributed by atoms with Crippen LogP contribution >= 0.6 is 0 Å². The molecule has 17 heavy (non-hydrogen) atoms. The Labute approximate surface area is 106 Å². The highest BCUT2D eigenvalue weighted by molar-refractivity contribution is 4.78. The highest BCUT2D eigenvalue weighted by atomic mass is 16.3. The van der Waals surface area contributed by atoms with Crippen LogP contribution in [0.15, 0.2) is 0 Å². The first kappa shape index (κ1) is 13.4. The molecule has 1 saturated heterocycles. The zero-order valence-electron chi connectivity index (χ0n) is 11.4. The molecule has 0 aromatic carbocycles. The molecule has 0 radical (unpaired) electrons. The van der Waals surface area contributed by atoms with Gasteiger partial charge >= 0.3 is 0 Å². The number of nitrogens with zero attached hydrogens (tertiary/aromatic N) is 1. The van der Waals surface area contributed by atoms with E-state index in [4.69, 9.17) is 0 Å². The van der Waals surface area contributed by atoms with Gasteiger partial charge in [-0.2, -0.15) is 0 Å². The van der Waals surface area contributed by atoms with E-state index in [2.05, 4.69) is 11.8 Å². The van der Waals surface area contributed by atoms with E-state index in [1.54, 1.807) is 0 Å². The number of likely N-dealkylation sites (tertiary alicyclic amines) is 1. The topological polar surface area (TPSA) is 23.5 Å². The molecule has 1 aliphatic carbocycles.